The first-order valence-electron chi connectivity index (χ1n) is 5.79. The van der Waals surface area contributed by atoms with Gasteiger partial charge in [-0.2, -0.15) is 5.10 Å². The highest BCUT2D eigenvalue weighted by molar-refractivity contribution is 9.10. The van der Waals surface area contributed by atoms with Crippen molar-refractivity contribution >= 4 is 21.7 Å². The molecule has 1 fully saturated rings. The van der Waals surface area contributed by atoms with E-state index in [0.29, 0.717) is 0 Å². The van der Waals surface area contributed by atoms with Gasteiger partial charge in [0.05, 0.1) is 10.2 Å². The Balaban J connectivity index is 1.93. The molecule has 2 heterocycles. The van der Waals surface area contributed by atoms with Gasteiger partial charge in [0.15, 0.2) is 0 Å². The molecule has 1 aliphatic carbocycles. The average Bonchev–Trinajstić information content (AvgIpc) is 3.04. The normalized spacial score (nSPS) is 24.8. The van der Waals surface area contributed by atoms with Crippen LogP contribution in [0, 0.1) is 5.92 Å². The Morgan fingerprint density at radius 2 is 2.33 bits per heavy atom. The van der Waals surface area contributed by atoms with Crippen molar-refractivity contribution in [3.05, 3.63) is 10.2 Å². The largest absolute Gasteiger partial charge is 0.369 e. The Kier molecular flexibility index (Phi) is 2.27. The summed E-state index contributed by atoms with van der Waals surface area (Å²) in [5.41, 5.74) is 1.27. The zero-order valence-electron chi connectivity index (χ0n) is 8.96. The summed E-state index contributed by atoms with van der Waals surface area (Å²) in [5.74, 6) is 2.65. The number of hydrogen-bond acceptors (Lipinski definition) is 2. The molecule has 0 aromatic carbocycles. The SMILES string of the molecule is CCC1CNc2c(Br)c(C3CC3)nn2C1. The van der Waals surface area contributed by atoms with Crippen molar-refractivity contribution in [2.24, 2.45) is 5.92 Å². The lowest BCUT2D eigenvalue weighted by atomic mass is 10.1. The van der Waals surface area contributed by atoms with Crippen molar-refractivity contribution in [1.82, 2.24) is 9.78 Å². The maximum absolute atomic E-state index is 4.72. The van der Waals surface area contributed by atoms with E-state index < -0.39 is 0 Å². The van der Waals surface area contributed by atoms with Crippen molar-refractivity contribution in [2.75, 3.05) is 11.9 Å². The molecule has 1 aliphatic heterocycles. The summed E-state index contributed by atoms with van der Waals surface area (Å²) in [4.78, 5) is 0. The van der Waals surface area contributed by atoms with E-state index in [0.717, 1.165) is 24.9 Å². The molecule has 0 radical (unpaired) electrons. The molecule has 15 heavy (non-hydrogen) atoms. The van der Waals surface area contributed by atoms with E-state index in [9.17, 15) is 0 Å². The molecule has 3 nitrogen and oxygen atoms in total. The summed E-state index contributed by atoms with van der Waals surface area (Å²) in [6.45, 7) is 4.41. The van der Waals surface area contributed by atoms with Gasteiger partial charge in [0.2, 0.25) is 0 Å². The lowest BCUT2D eigenvalue weighted by molar-refractivity contribution is 0.402. The second kappa shape index (κ2) is 3.51. The molecule has 1 atom stereocenters. The summed E-state index contributed by atoms with van der Waals surface area (Å²) in [6, 6.07) is 0. The molecule has 1 saturated carbocycles. The molecular formula is C11H16BrN3. The Morgan fingerprint density at radius 1 is 1.53 bits per heavy atom. The fourth-order valence-corrected chi connectivity index (χ4v) is 2.95. The lowest BCUT2D eigenvalue weighted by Crippen LogP contribution is -2.27. The first-order chi connectivity index (χ1) is 7.29. The number of anilines is 1. The van der Waals surface area contributed by atoms with E-state index in [-0.39, 0.29) is 0 Å². The van der Waals surface area contributed by atoms with E-state index in [4.69, 9.17) is 5.10 Å². The predicted molar refractivity (Wildman–Crippen MR) is 64.2 cm³/mol. The van der Waals surface area contributed by atoms with Gasteiger partial charge in [-0.3, -0.25) is 0 Å². The number of nitrogens with one attached hydrogen (secondary N) is 1. The summed E-state index contributed by atoms with van der Waals surface area (Å²) in [6.07, 6.45) is 3.85. The number of aromatic nitrogens is 2. The number of hydrogen-bond donors (Lipinski definition) is 1. The van der Waals surface area contributed by atoms with Crippen molar-refractivity contribution in [3.8, 4) is 0 Å². The maximum atomic E-state index is 4.72. The average molecular weight is 270 g/mol. The van der Waals surface area contributed by atoms with Crippen LogP contribution in [0.2, 0.25) is 0 Å². The van der Waals surface area contributed by atoms with Crippen LogP contribution in [0.1, 0.15) is 37.8 Å². The Hall–Kier alpha value is -0.510. The first kappa shape index (κ1) is 9.70. The number of fused-ring (bicyclic) bond motifs is 1. The van der Waals surface area contributed by atoms with E-state index >= 15 is 0 Å². The molecule has 1 unspecified atom stereocenters. The smallest absolute Gasteiger partial charge is 0.139 e. The van der Waals surface area contributed by atoms with Crippen molar-refractivity contribution in [1.29, 1.82) is 0 Å². The molecule has 1 aromatic rings. The highest BCUT2D eigenvalue weighted by Crippen LogP contribution is 2.45. The molecule has 1 aromatic heterocycles. The second-order valence-corrected chi connectivity index (χ2v) is 5.45. The third-order valence-electron chi connectivity index (χ3n) is 3.45. The topological polar surface area (TPSA) is 29.9 Å². The van der Waals surface area contributed by atoms with Crippen LogP contribution in [0.15, 0.2) is 4.47 Å². The number of nitrogens with zero attached hydrogens (tertiary/aromatic N) is 2. The van der Waals surface area contributed by atoms with Crippen LogP contribution >= 0.6 is 15.9 Å². The molecular weight excluding hydrogens is 254 g/mol. The van der Waals surface area contributed by atoms with Crippen LogP contribution in [0.25, 0.3) is 0 Å². The fourth-order valence-electron chi connectivity index (χ4n) is 2.20. The van der Waals surface area contributed by atoms with Gasteiger partial charge in [-0.15, -0.1) is 0 Å². The third kappa shape index (κ3) is 1.59. The van der Waals surface area contributed by atoms with Gasteiger partial charge >= 0.3 is 0 Å². The van der Waals surface area contributed by atoms with Crippen molar-refractivity contribution in [3.63, 3.8) is 0 Å². The molecule has 0 spiro atoms. The van der Waals surface area contributed by atoms with Gasteiger partial charge in [-0.1, -0.05) is 6.92 Å². The second-order valence-electron chi connectivity index (χ2n) is 4.66. The van der Waals surface area contributed by atoms with Crippen LogP contribution in [0.4, 0.5) is 5.82 Å². The van der Waals surface area contributed by atoms with E-state index in [2.05, 4.69) is 32.9 Å². The molecule has 0 amide bonds. The van der Waals surface area contributed by atoms with Gasteiger partial charge in [-0.05, 0) is 41.1 Å². The Bertz CT molecular complexity index is 381. The Morgan fingerprint density at radius 3 is 3.00 bits per heavy atom. The molecule has 4 heteroatoms. The van der Waals surface area contributed by atoms with Crippen LogP contribution in [-0.4, -0.2) is 16.3 Å². The third-order valence-corrected chi connectivity index (χ3v) is 4.23. The van der Waals surface area contributed by atoms with Crippen LogP contribution in [0.3, 0.4) is 0 Å². The first-order valence-corrected chi connectivity index (χ1v) is 6.59. The van der Waals surface area contributed by atoms with E-state index in [1.165, 1.54) is 35.2 Å². The van der Waals surface area contributed by atoms with E-state index in [1.807, 2.05) is 0 Å². The van der Waals surface area contributed by atoms with Gasteiger partial charge in [-0.25, -0.2) is 4.68 Å². The van der Waals surface area contributed by atoms with Crippen LogP contribution in [0.5, 0.6) is 0 Å². The summed E-state index contributed by atoms with van der Waals surface area (Å²) >= 11 is 3.67. The summed E-state index contributed by atoms with van der Waals surface area (Å²) in [5, 5.41) is 8.21. The minimum atomic E-state index is 0.722. The molecule has 3 rings (SSSR count). The highest BCUT2D eigenvalue weighted by atomic mass is 79.9. The molecule has 82 valence electrons. The zero-order valence-corrected chi connectivity index (χ0v) is 10.5. The molecule has 1 N–H and O–H groups in total. The Labute approximate surface area is 98.4 Å². The molecule has 0 saturated heterocycles. The van der Waals surface area contributed by atoms with Gasteiger partial charge in [0, 0.05) is 19.0 Å². The van der Waals surface area contributed by atoms with E-state index in [1.54, 1.807) is 0 Å². The number of rotatable bonds is 2. The predicted octanol–water partition coefficient (Wildman–Crippen LogP) is 2.97. The van der Waals surface area contributed by atoms with Crippen LogP contribution in [-0.2, 0) is 6.54 Å². The quantitative estimate of drug-likeness (QED) is 0.895. The number of halogens is 1. The fraction of sp³-hybridized carbons (Fsp3) is 0.727. The lowest BCUT2D eigenvalue weighted by Gasteiger charge is -2.23. The minimum absolute atomic E-state index is 0.722. The van der Waals surface area contributed by atoms with Gasteiger partial charge in [0.1, 0.15) is 5.82 Å². The van der Waals surface area contributed by atoms with Crippen molar-refractivity contribution < 1.29 is 0 Å². The van der Waals surface area contributed by atoms with Gasteiger partial charge < -0.3 is 5.32 Å². The standard InChI is InChI=1S/C11H16BrN3/c1-2-7-5-13-11-9(12)10(8-3-4-8)14-15(11)6-7/h7-8,13H,2-6H2,1H3. The molecule has 0 bridgehead atoms. The van der Waals surface area contributed by atoms with Crippen molar-refractivity contribution in [2.45, 2.75) is 38.6 Å². The zero-order chi connectivity index (χ0) is 10.4. The summed E-state index contributed by atoms with van der Waals surface area (Å²) in [7, 11) is 0. The highest BCUT2D eigenvalue weighted by Gasteiger charge is 2.32. The van der Waals surface area contributed by atoms with Gasteiger partial charge in [0.25, 0.3) is 0 Å². The maximum Gasteiger partial charge on any atom is 0.139 e. The summed E-state index contributed by atoms with van der Waals surface area (Å²) < 4.78 is 3.36. The monoisotopic (exact) mass is 269 g/mol. The van der Waals surface area contributed by atoms with Crippen LogP contribution < -0.4 is 5.32 Å². The minimum Gasteiger partial charge on any atom is -0.369 e. The molecule has 2 aliphatic rings.